The molecule has 0 unspecified atom stereocenters. The standard InChI is InChI=1S/C17H19N3O3S2/c1-2-11-18-25(22,23)13-9-7-12(8-10-13)16(21)20-17-19-14-5-3-4-6-15(14)24-17/h2,7-10,18H,1,3-6,11H2,(H,19,20,21). The van der Waals surface area contributed by atoms with Crippen LogP contribution in [0.3, 0.4) is 0 Å². The van der Waals surface area contributed by atoms with E-state index in [9.17, 15) is 13.2 Å². The van der Waals surface area contributed by atoms with Crippen molar-refractivity contribution >= 4 is 32.4 Å². The van der Waals surface area contributed by atoms with Gasteiger partial charge in [-0.2, -0.15) is 0 Å². The van der Waals surface area contributed by atoms with E-state index in [2.05, 4.69) is 21.6 Å². The summed E-state index contributed by atoms with van der Waals surface area (Å²) in [6.07, 6.45) is 5.75. The predicted molar refractivity (Wildman–Crippen MR) is 98.5 cm³/mol. The Morgan fingerprint density at radius 1 is 1.24 bits per heavy atom. The third-order valence-corrected chi connectivity index (χ3v) is 6.42. The van der Waals surface area contributed by atoms with Gasteiger partial charge in [-0.15, -0.1) is 17.9 Å². The number of amides is 1. The zero-order chi connectivity index (χ0) is 17.9. The quantitative estimate of drug-likeness (QED) is 0.758. The number of hydrogen-bond donors (Lipinski definition) is 2. The average Bonchev–Trinajstić information content (AvgIpc) is 3.02. The first kappa shape index (κ1) is 17.8. The Labute approximate surface area is 151 Å². The molecule has 0 fully saturated rings. The molecule has 1 amide bonds. The molecule has 0 atom stereocenters. The predicted octanol–water partition coefficient (Wildman–Crippen LogP) is 2.74. The lowest BCUT2D eigenvalue weighted by molar-refractivity contribution is 0.102. The van der Waals surface area contributed by atoms with Crippen molar-refractivity contribution in [2.75, 3.05) is 11.9 Å². The number of fused-ring (bicyclic) bond motifs is 1. The minimum atomic E-state index is -3.59. The normalized spacial score (nSPS) is 13.9. The van der Waals surface area contributed by atoms with Gasteiger partial charge in [0.15, 0.2) is 5.13 Å². The molecular formula is C17H19N3O3S2. The molecule has 1 heterocycles. The summed E-state index contributed by atoms with van der Waals surface area (Å²) >= 11 is 1.52. The number of anilines is 1. The number of carbonyl (C=O) groups is 1. The molecule has 1 aromatic carbocycles. The van der Waals surface area contributed by atoms with Crippen LogP contribution in [-0.2, 0) is 22.9 Å². The van der Waals surface area contributed by atoms with E-state index in [1.165, 1.54) is 53.0 Å². The lowest BCUT2D eigenvalue weighted by Crippen LogP contribution is -2.23. The third-order valence-electron chi connectivity index (χ3n) is 3.91. The first-order valence-corrected chi connectivity index (χ1v) is 10.3. The van der Waals surface area contributed by atoms with Crippen molar-refractivity contribution in [1.82, 2.24) is 9.71 Å². The topological polar surface area (TPSA) is 88.2 Å². The number of hydrogen-bond acceptors (Lipinski definition) is 5. The maximum atomic E-state index is 12.3. The summed E-state index contributed by atoms with van der Waals surface area (Å²) in [4.78, 5) is 18.2. The summed E-state index contributed by atoms with van der Waals surface area (Å²) in [6.45, 7) is 3.63. The third kappa shape index (κ3) is 4.15. The van der Waals surface area contributed by atoms with Crippen LogP contribution < -0.4 is 10.0 Å². The second-order valence-electron chi connectivity index (χ2n) is 5.72. The Balaban J connectivity index is 1.70. The molecule has 0 radical (unpaired) electrons. The van der Waals surface area contributed by atoms with Gasteiger partial charge in [0.2, 0.25) is 10.0 Å². The molecule has 1 aliphatic rings. The fourth-order valence-electron chi connectivity index (χ4n) is 2.61. The highest BCUT2D eigenvalue weighted by molar-refractivity contribution is 7.89. The van der Waals surface area contributed by atoms with Gasteiger partial charge < -0.3 is 0 Å². The summed E-state index contributed by atoms with van der Waals surface area (Å²) in [6, 6.07) is 5.80. The number of sulfonamides is 1. The molecule has 3 rings (SSSR count). The number of carbonyl (C=O) groups excluding carboxylic acids is 1. The smallest absolute Gasteiger partial charge is 0.257 e. The Kier molecular flexibility index (Phi) is 5.31. The number of rotatable bonds is 6. The zero-order valence-electron chi connectivity index (χ0n) is 13.6. The van der Waals surface area contributed by atoms with E-state index in [1.54, 1.807) is 0 Å². The Hall–Kier alpha value is -2.03. The molecule has 1 aliphatic carbocycles. The molecule has 6 nitrogen and oxygen atoms in total. The number of thiazole rings is 1. The van der Waals surface area contributed by atoms with E-state index in [1.807, 2.05) is 0 Å². The molecule has 1 aromatic heterocycles. The van der Waals surface area contributed by atoms with E-state index in [4.69, 9.17) is 0 Å². The Bertz CT molecular complexity index is 863. The van der Waals surface area contributed by atoms with Crippen molar-refractivity contribution in [2.45, 2.75) is 30.6 Å². The molecule has 8 heteroatoms. The van der Waals surface area contributed by atoms with Crippen LogP contribution in [0, 0.1) is 0 Å². The van der Waals surface area contributed by atoms with Crippen LogP contribution in [0.4, 0.5) is 5.13 Å². The van der Waals surface area contributed by atoms with E-state index in [-0.39, 0.29) is 17.3 Å². The van der Waals surface area contributed by atoms with E-state index < -0.39 is 10.0 Å². The molecule has 0 saturated heterocycles. The van der Waals surface area contributed by atoms with Crippen molar-refractivity contribution in [1.29, 1.82) is 0 Å². The van der Waals surface area contributed by atoms with Crippen LogP contribution in [0.15, 0.2) is 41.8 Å². The molecule has 25 heavy (non-hydrogen) atoms. The van der Waals surface area contributed by atoms with Gasteiger partial charge in [-0.05, 0) is 49.9 Å². The van der Waals surface area contributed by atoms with Crippen molar-refractivity contribution in [3.63, 3.8) is 0 Å². The fourth-order valence-corrected chi connectivity index (χ4v) is 4.66. The van der Waals surface area contributed by atoms with E-state index in [0.29, 0.717) is 10.7 Å². The number of aryl methyl sites for hydroxylation is 2. The van der Waals surface area contributed by atoms with Crippen LogP contribution >= 0.6 is 11.3 Å². The number of benzene rings is 1. The van der Waals surface area contributed by atoms with Crippen LogP contribution in [-0.4, -0.2) is 25.9 Å². The zero-order valence-corrected chi connectivity index (χ0v) is 15.3. The van der Waals surface area contributed by atoms with Gasteiger partial charge in [-0.25, -0.2) is 18.1 Å². The molecule has 0 spiro atoms. The summed E-state index contributed by atoms with van der Waals surface area (Å²) < 4.78 is 26.4. The van der Waals surface area contributed by atoms with Crippen LogP contribution in [0.1, 0.15) is 33.8 Å². The van der Waals surface area contributed by atoms with Crippen molar-refractivity contribution in [3.05, 3.63) is 53.1 Å². The van der Waals surface area contributed by atoms with Crippen molar-refractivity contribution < 1.29 is 13.2 Å². The molecule has 0 aliphatic heterocycles. The second kappa shape index (κ2) is 7.47. The fraction of sp³-hybridized carbons (Fsp3) is 0.294. The minimum absolute atomic E-state index is 0.107. The maximum absolute atomic E-state index is 12.3. The van der Waals surface area contributed by atoms with Gasteiger partial charge in [-0.3, -0.25) is 10.1 Å². The average molecular weight is 377 g/mol. The highest BCUT2D eigenvalue weighted by atomic mass is 32.2. The van der Waals surface area contributed by atoms with E-state index in [0.717, 1.165) is 25.0 Å². The van der Waals surface area contributed by atoms with Crippen LogP contribution in [0.25, 0.3) is 0 Å². The Morgan fingerprint density at radius 2 is 1.96 bits per heavy atom. The second-order valence-corrected chi connectivity index (χ2v) is 8.57. The van der Waals surface area contributed by atoms with Gasteiger partial charge >= 0.3 is 0 Å². The molecule has 2 aromatic rings. The number of nitrogens with one attached hydrogen (secondary N) is 2. The van der Waals surface area contributed by atoms with Gasteiger partial charge in [-0.1, -0.05) is 6.08 Å². The first-order valence-electron chi connectivity index (χ1n) is 8.00. The minimum Gasteiger partial charge on any atom is -0.298 e. The summed E-state index contributed by atoms with van der Waals surface area (Å²) in [5.41, 5.74) is 1.47. The van der Waals surface area contributed by atoms with Gasteiger partial charge in [0.05, 0.1) is 10.6 Å². The summed E-state index contributed by atoms with van der Waals surface area (Å²) in [5.74, 6) is -0.297. The highest BCUT2D eigenvalue weighted by Gasteiger charge is 2.18. The first-order chi connectivity index (χ1) is 12.0. The molecule has 0 saturated carbocycles. The van der Waals surface area contributed by atoms with Crippen LogP contribution in [0.2, 0.25) is 0 Å². The molecule has 132 valence electrons. The van der Waals surface area contributed by atoms with Gasteiger partial charge in [0.1, 0.15) is 0 Å². The maximum Gasteiger partial charge on any atom is 0.257 e. The van der Waals surface area contributed by atoms with Crippen molar-refractivity contribution in [3.8, 4) is 0 Å². The summed E-state index contributed by atoms with van der Waals surface area (Å²) in [5, 5.41) is 3.40. The molecule has 0 bridgehead atoms. The highest BCUT2D eigenvalue weighted by Crippen LogP contribution is 2.29. The van der Waals surface area contributed by atoms with Gasteiger partial charge in [0.25, 0.3) is 5.91 Å². The van der Waals surface area contributed by atoms with Gasteiger partial charge in [0, 0.05) is 17.0 Å². The molecule has 2 N–H and O–H groups in total. The van der Waals surface area contributed by atoms with E-state index >= 15 is 0 Å². The van der Waals surface area contributed by atoms with Crippen molar-refractivity contribution in [2.24, 2.45) is 0 Å². The van der Waals surface area contributed by atoms with Crippen LogP contribution in [0.5, 0.6) is 0 Å². The lowest BCUT2D eigenvalue weighted by atomic mass is 10.0. The SMILES string of the molecule is C=CCNS(=O)(=O)c1ccc(C(=O)Nc2nc3c(s2)CCCC3)cc1. The number of nitrogens with zero attached hydrogens (tertiary/aromatic N) is 1. The Morgan fingerprint density at radius 3 is 2.64 bits per heavy atom. The monoisotopic (exact) mass is 377 g/mol. The lowest BCUT2D eigenvalue weighted by Gasteiger charge is -2.06. The molecular weight excluding hydrogens is 358 g/mol. The largest absolute Gasteiger partial charge is 0.298 e. The number of aromatic nitrogens is 1. The summed E-state index contributed by atoms with van der Waals surface area (Å²) in [7, 11) is -3.59.